The van der Waals surface area contributed by atoms with Crippen molar-refractivity contribution in [1.82, 2.24) is 19.6 Å². The first-order valence-electron chi connectivity index (χ1n) is 7.21. The monoisotopic (exact) mass is 355 g/mol. The molecule has 25 heavy (non-hydrogen) atoms. The van der Waals surface area contributed by atoms with E-state index in [1.807, 2.05) is 17.5 Å². The van der Waals surface area contributed by atoms with Crippen LogP contribution in [0.1, 0.15) is 10.4 Å². The van der Waals surface area contributed by atoms with Crippen molar-refractivity contribution in [3.63, 3.8) is 0 Å². The quantitative estimate of drug-likeness (QED) is 0.591. The molecule has 0 fully saturated rings. The van der Waals surface area contributed by atoms with Crippen LogP contribution in [0.15, 0.2) is 52.6 Å². The molecule has 0 spiro atoms. The number of amides is 1. The summed E-state index contributed by atoms with van der Waals surface area (Å²) in [4.78, 5) is 31.8. The number of aromatic nitrogens is 4. The third-order valence-corrected chi connectivity index (χ3v) is 4.29. The normalized spacial score (nSPS) is 10.9. The number of anilines is 1. The lowest BCUT2D eigenvalue weighted by Gasteiger charge is -2.06. The zero-order chi connectivity index (χ0) is 17.4. The molecule has 124 valence electrons. The fourth-order valence-electron chi connectivity index (χ4n) is 2.28. The van der Waals surface area contributed by atoms with E-state index in [1.54, 1.807) is 0 Å². The highest BCUT2D eigenvalue weighted by atomic mass is 32.1. The van der Waals surface area contributed by atoms with E-state index in [-0.39, 0.29) is 17.2 Å². The van der Waals surface area contributed by atoms with Gasteiger partial charge in [-0.2, -0.15) is 9.50 Å². The maximum absolute atomic E-state index is 13.0. The van der Waals surface area contributed by atoms with Crippen LogP contribution >= 0.6 is 11.3 Å². The molecule has 2 N–H and O–H groups in total. The lowest BCUT2D eigenvalue weighted by atomic mass is 10.2. The number of halogens is 1. The molecule has 0 aliphatic rings. The van der Waals surface area contributed by atoms with Crippen LogP contribution < -0.4 is 10.9 Å². The Labute approximate surface area is 143 Å². The van der Waals surface area contributed by atoms with Crippen molar-refractivity contribution < 1.29 is 9.18 Å². The molecule has 1 aromatic carbocycles. The molecule has 0 saturated carbocycles. The average Bonchev–Trinajstić information content (AvgIpc) is 3.24. The van der Waals surface area contributed by atoms with E-state index in [9.17, 15) is 14.0 Å². The van der Waals surface area contributed by atoms with Crippen molar-refractivity contribution in [3.8, 4) is 10.7 Å². The van der Waals surface area contributed by atoms with E-state index in [0.29, 0.717) is 5.82 Å². The Morgan fingerprint density at radius 1 is 1.24 bits per heavy atom. The van der Waals surface area contributed by atoms with Crippen molar-refractivity contribution >= 4 is 28.8 Å². The van der Waals surface area contributed by atoms with Crippen LogP contribution in [0.4, 0.5) is 10.2 Å². The highest BCUT2D eigenvalue weighted by molar-refractivity contribution is 7.13. The summed E-state index contributed by atoms with van der Waals surface area (Å²) in [6, 6.07) is 10.0. The predicted molar refractivity (Wildman–Crippen MR) is 91.3 cm³/mol. The minimum absolute atomic E-state index is 0.170. The van der Waals surface area contributed by atoms with Gasteiger partial charge in [-0.25, -0.2) is 4.39 Å². The smallest absolute Gasteiger partial charge is 0.256 e. The molecule has 7 nitrogen and oxygen atoms in total. The summed E-state index contributed by atoms with van der Waals surface area (Å²) in [5.74, 6) is -0.102. The van der Waals surface area contributed by atoms with Gasteiger partial charge < -0.3 is 5.32 Å². The second-order valence-electron chi connectivity index (χ2n) is 5.13. The summed E-state index contributed by atoms with van der Waals surface area (Å²) in [7, 11) is 0. The van der Waals surface area contributed by atoms with Gasteiger partial charge in [0, 0.05) is 11.6 Å². The van der Waals surface area contributed by atoms with E-state index < -0.39 is 17.3 Å². The Morgan fingerprint density at radius 3 is 2.76 bits per heavy atom. The first-order chi connectivity index (χ1) is 12.1. The van der Waals surface area contributed by atoms with Crippen molar-refractivity contribution in [3.05, 3.63) is 69.6 Å². The highest BCUT2D eigenvalue weighted by Crippen LogP contribution is 2.22. The molecule has 0 saturated heterocycles. The third kappa shape index (κ3) is 2.92. The van der Waals surface area contributed by atoms with Crippen LogP contribution in [0.2, 0.25) is 0 Å². The second-order valence-corrected chi connectivity index (χ2v) is 6.08. The SMILES string of the molecule is O=C(Nc1cc(=O)[nH]c2nc(-c3cccs3)nn12)c1ccc(F)cc1. The number of H-pyrrole nitrogens is 1. The minimum atomic E-state index is -0.486. The number of rotatable bonds is 3. The molecule has 0 aliphatic heterocycles. The van der Waals surface area contributed by atoms with Crippen LogP contribution in [0.5, 0.6) is 0 Å². The topological polar surface area (TPSA) is 92.1 Å². The van der Waals surface area contributed by atoms with Crippen molar-refractivity contribution in [2.75, 3.05) is 5.32 Å². The molecule has 0 atom stereocenters. The number of aromatic amines is 1. The second kappa shape index (κ2) is 5.95. The molecule has 9 heteroatoms. The van der Waals surface area contributed by atoms with E-state index >= 15 is 0 Å². The molecule has 1 amide bonds. The Hall–Kier alpha value is -3.33. The van der Waals surface area contributed by atoms with Gasteiger partial charge in [0.15, 0.2) is 5.82 Å². The first kappa shape index (κ1) is 15.2. The van der Waals surface area contributed by atoms with Gasteiger partial charge >= 0.3 is 0 Å². The Morgan fingerprint density at radius 2 is 2.04 bits per heavy atom. The molecular formula is C16H10FN5O2S. The van der Waals surface area contributed by atoms with E-state index in [4.69, 9.17) is 0 Å². The zero-order valence-electron chi connectivity index (χ0n) is 12.6. The van der Waals surface area contributed by atoms with Crippen molar-refractivity contribution in [2.24, 2.45) is 0 Å². The number of thiophene rings is 1. The number of hydrogen-bond donors (Lipinski definition) is 2. The molecular weight excluding hydrogens is 345 g/mol. The van der Waals surface area contributed by atoms with Gasteiger partial charge in [0.2, 0.25) is 5.78 Å². The van der Waals surface area contributed by atoms with E-state index in [0.717, 1.165) is 4.88 Å². The Kier molecular flexibility index (Phi) is 3.62. The van der Waals surface area contributed by atoms with Crippen LogP contribution in [0.3, 0.4) is 0 Å². The standard InChI is InChI=1S/C16H10FN5O2S/c17-10-5-3-9(4-6-10)15(24)18-12-8-13(23)19-16-20-14(21-22(12)16)11-2-1-7-25-11/h1-8H,(H,18,24)(H,19,20,21,23). The Balaban J connectivity index is 1.74. The zero-order valence-corrected chi connectivity index (χ0v) is 13.4. The molecule has 3 aromatic heterocycles. The fourth-order valence-corrected chi connectivity index (χ4v) is 2.93. The molecule has 3 heterocycles. The molecule has 0 aliphatic carbocycles. The van der Waals surface area contributed by atoms with Gasteiger partial charge in [0.25, 0.3) is 11.5 Å². The summed E-state index contributed by atoms with van der Waals surface area (Å²) in [5.41, 5.74) is -0.166. The van der Waals surface area contributed by atoms with Crippen LogP contribution in [0.25, 0.3) is 16.5 Å². The number of benzene rings is 1. The summed E-state index contributed by atoms with van der Waals surface area (Å²) >= 11 is 1.46. The predicted octanol–water partition coefficient (Wildman–Crippen LogP) is 2.54. The number of carbonyl (C=O) groups excluding carboxylic acids is 1. The number of nitrogens with one attached hydrogen (secondary N) is 2. The maximum atomic E-state index is 13.0. The number of nitrogens with zero attached hydrogens (tertiary/aromatic N) is 3. The summed E-state index contributed by atoms with van der Waals surface area (Å²) in [5, 5.41) is 8.82. The number of hydrogen-bond acceptors (Lipinski definition) is 5. The number of fused-ring (bicyclic) bond motifs is 1. The van der Waals surface area contributed by atoms with Crippen LogP contribution in [0, 0.1) is 5.82 Å². The van der Waals surface area contributed by atoms with Gasteiger partial charge in [0.05, 0.1) is 4.88 Å². The average molecular weight is 355 g/mol. The molecule has 0 radical (unpaired) electrons. The highest BCUT2D eigenvalue weighted by Gasteiger charge is 2.14. The van der Waals surface area contributed by atoms with Gasteiger partial charge in [-0.3, -0.25) is 14.6 Å². The summed E-state index contributed by atoms with van der Waals surface area (Å²) in [6.07, 6.45) is 0. The minimum Gasteiger partial charge on any atom is -0.306 e. The van der Waals surface area contributed by atoms with E-state index in [1.165, 1.54) is 46.2 Å². The van der Waals surface area contributed by atoms with Crippen LogP contribution in [-0.2, 0) is 0 Å². The van der Waals surface area contributed by atoms with Crippen molar-refractivity contribution in [2.45, 2.75) is 0 Å². The fraction of sp³-hybridized carbons (Fsp3) is 0. The number of carbonyl (C=O) groups is 1. The molecule has 0 unspecified atom stereocenters. The Bertz CT molecular complexity index is 1120. The van der Waals surface area contributed by atoms with Gasteiger partial charge in [-0.1, -0.05) is 6.07 Å². The molecule has 0 bridgehead atoms. The molecule has 4 aromatic rings. The van der Waals surface area contributed by atoms with Gasteiger partial charge in [0.1, 0.15) is 11.6 Å². The van der Waals surface area contributed by atoms with Gasteiger partial charge in [-0.15, -0.1) is 16.4 Å². The summed E-state index contributed by atoms with van der Waals surface area (Å²) in [6.45, 7) is 0. The van der Waals surface area contributed by atoms with Gasteiger partial charge in [-0.05, 0) is 35.7 Å². The first-order valence-corrected chi connectivity index (χ1v) is 8.09. The van der Waals surface area contributed by atoms with Crippen LogP contribution in [-0.4, -0.2) is 25.5 Å². The molecule has 4 rings (SSSR count). The maximum Gasteiger partial charge on any atom is 0.256 e. The third-order valence-electron chi connectivity index (χ3n) is 3.43. The summed E-state index contributed by atoms with van der Waals surface area (Å²) < 4.78 is 14.3. The lowest BCUT2D eigenvalue weighted by Crippen LogP contribution is -2.18. The largest absolute Gasteiger partial charge is 0.306 e. The lowest BCUT2D eigenvalue weighted by molar-refractivity contribution is 0.102. The van der Waals surface area contributed by atoms with E-state index in [2.05, 4.69) is 20.4 Å². The van der Waals surface area contributed by atoms with Crippen molar-refractivity contribution in [1.29, 1.82) is 0 Å².